The summed E-state index contributed by atoms with van der Waals surface area (Å²) in [6.07, 6.45) is 1.33. The Morgan fingerprint density at radius 2 is 2.00 bits per heavy atom. The highest BCUT2D eigenvalue weighted by Crippen LogP contribution is 2.25. The van der Waals surface area contributed by atoms with Gasteiger partial charge in [-0.05, 0) is 30.0 Å². The van der Waals surface area contributed by atoms with Crippen LogP contribution in [0.2, 0.25) is 0 Å². The van der Waals surface area contributed by atoms with E-state index in [1.807, 2.05) is 19.1 Å². The Balaban J connectivity index is 0.000000360. The number of hydrogen-bond acceptors (Lipinski definition) is 4. The van der Waals surface area contributed by atoms with Crippen LogP contribution in [0.4, 0.5) is 0 Å². The number of aromatic hydroxyl groups is 1. The molecule has 0 spiro atoms. The Kier molecular flexibility index (Phi) is 6.89. The molecule has 0 amide bonds. The molecule has 0 aliphatic rings. The standard InChI is InChI=1S/C10H14O.CH2N4.ClH/c1-7(2)9-5-4-8(3)6-10(9)11;1-2-4-5-3-1;/h4-7,11H,1-3H3;1H,(H,2,3,4,5);1H. The van der Waals surface area contributed by atoms with Crippen LogP contribution < -0.4 is 0 Å². The zero-order valence-corrected chi connectivity index (χ0v) is 10.9. The second-order valence-corrected chi connectivity index (χ2v) is 3.78. The Hall–Kier alpha value is -1.62. The second kappa shape index (κ2) is 7.62. The maximum atomic E-state index is 9.46. The van der Waals surface area contributed by atoms with Gasteiger partial charge in [0.2, 0.25) is 0 Å². The maximum Gasteiger partial charge on any atom is 0.161 e. The van der Waals surface area contributed by atoms with Gasteiger partial charge in [-0.25, -0.2) is 0 Å². The Morgan fingerprint density at radius 1 is 1.29 bits per heavy atom. The van der Waals surface area contributed by atoms with Crippen molar-refractivity contribution in [1.82, 2.24) is 20.6 Å². The maximum absolute atomic E-state index is 9.46. The van der Waals surface area contributed by atoms with Gasteiger partial charge >= 0.3 is 0 Å². The second-order valence-electron chi connectivity index (χ2n) is 3.78. The minimum absolute atomic E-state index is 0. The third kappa shape index (κ3) is 5.31. The van der Waals surface area contributed by atoms with Crippen molar-refractivity contribution in [2.45, 2.75) is 26.7 Å². The first-order valence-corrected chi connectivity index (χ1v) is 5.07. The summed E-state index contributed by atoms with van der Waals surface area (Å²) in [5, 5.41) is 21.6. The van der Waals surface area contributed by atoms with Crippen molar-refractivity contribution >= 4 is 12.4 Å². The van der Waals surface area contributed by atoms with E-state index in [4.69, 9.17) is 0 Å². The monoisotopic (exact) mass is 256 g/mol. The SMILES string of the molecule is Cc1ccc(C(C)C)c(O)c1.Cl.c1nn[nH]n1. The number of tetrazole rings is 1. The first-order valence-electron chi connectivity index (χ1n) is 5.07. The van der Waals surface area contributed by atoms with Gasteiger partial charge in [-0.2, -0.15) is 5.21 Å². The van der Waals surface area contributed by atoms with Crippen LogP contribution >= 0.6 is 12.4 Å². The van der Waals surface area contributed by atoms with E-state index in [0.717, 1.165) is 11.1 Å². The van der Waals surface area contributed by atoms with Crippen LogP contribution in [-0.4, -0.2) is 25.7 Å². The Morgan fingerprint density at radius 3 is 2.35 bits per heavy atom. The number of nitrogens with one attached hydrogen (secondary N) is 1. The van der Waals surface area contributed by atoms with Gasteiger partial charge in [0.15, 0.2) is 6.33 Å². The van der Waals surface area contributed by atoms with Crippen LogP contribution in [0, 0.1) is 6.92 Å². The molecular weight excluding hydrogens is 240 g/mol. The van der Waals surface area contributed by atoms with Crippen LogP contribution in [-0.2, 0) is 0 Å². The molecule has 1 aromatic heterocycles. The van der Waals surface area contributed by atoms with Crippen molar-refractivity contribution in [3.8, 4) is 5.75 Å². The van der Waals surface area contributed by atoms with E-state index >= 15 is 0 Å². The third-order valence-electron chi connectivity index (χ3n) is 2.08. The highest BCUT2D eigenvalue weighted by molar-refractivity contribution is 5.85. The molecule has 0 saturated carbocycles. The van der Waals surface area contributed by atoms with Crippen molar-refractivity contribution in [3.05, 3.63) is 35.7 Å². The highest BCUT2D eigenvalue weighted by atomic mass is 35.5. The number of hydrogen-bond donors (Lipinski definition) is 2. The average molecular weight is 257 g/mol. The lowest BCUT2D eigenvalue weighted by Gasteiger charge is -2.07. The lowest BCUT2D eigenvalue weighted by atomic mass is 10.0. The molecule has 0 aliphatic carbocycles. The van der Waals surface area contributed by atoms with Crippen LogP contribution in [0.1, 0.15) is 30.9 Å². The molecule has 2 rings (SSSR count). The summed E-state index contributed by atoms with van der Waals surface area (Å²) in [6.45, 7) is 6.12. The molecule has 1 heterocycles. The van der Waals surface area contributed by atoms with E-state index in [-0.39, 0.29) is 12.4 Å². The summed E-state index contributed by atoms with van der Waals surface area (Å²) in [5.74, 6) is 0.815. The molecule has 5 nitrogen and oxygen atoms in total. The smallest absolute Gasteiger partial charge is 0.161 e. The number of benzene rings is 1. The number of aryl methyl sites for hydroxylation is 1. The summed E-state index contributed by atoms with van der Waals surface area (Å²) < 4.78 is 0. The minimum atomic E-state index is 0. The Bertz CT molecular complexity index is 400. The molecule has 0 bridgehead atoms. The molecule has 94 valence electrons. The van der Waals surface area contributed by atoms with Crippen LogP contribution in [0.15, 0.2) is 24.5 Å². The lowest BCUT2D eigenvalue weighted by Crippen LogP contribution is -1.87. The fourth-order valence-corrected chi connectivity index (χ4v) is 1.27. The van der Waals surface area contributed by atoms with Gasteiger partial charge in [-0.15, -0.1) is 22.6 Å². The summed E-state index contributed by atoms with van der Waals surface area (Å²) in [7, 11) is 0. The van der Waals surface area contributed by atoms with E-state index in [0.29, 0.717) is 11.7 Å². The van der Waals surface area contributed by atoms with Crippen LogP contribution in [0.25, 0.3) is 0 Å². The topological polar surface area (TPSA) is 74.7 Å². The molecule has 0 saturated heterocycles. The molecule has 2 aromatic rings. The fourth-order valence-electron chi connectivity index (χ4n) is 1.27. The molecule has 6 heteroatoms. The molecule has 17 heavy (non-hydrogen) atoms. The number of phenolic OH excluding ortho intramolecular Hbond substituents is 1. The van der Waals surface area contributed by atoms with Gasteiger partial charge in [-0.3, -0.25) is 0 Å². The molecule has 0 atom stereocenters. The zero-order valence-electron chi connectivity index (χ0n) is 10.1. The van der Waals surface area contributed by atoms with Crippen LogP contribution in [0.3, 0.4) is 0 Å². The fraction of sp³-hybridized carbons (Fsp3) is 0.364. The molecule has 2 N–H and O–H groups in total. The number of H-pyrrole nitrogens is 1. The summed E-state index contributed by atoms with van der Waals surface area (Å²) >= 11 is 0. The predicted octanol–water partition coefficient (Wildman–Crippen LogP) is 2.45. The minimum Gasteiger partial charge on any atom is -0.508 e. The van der Waals surface area contributed by atoms with E-state index in [1.54, 1.807) is 6.07 Å². The number of aromatic amines is 1. The largest absolute Gasteiger partial charge is 0.508 e. The number of rotatable bonds is 1. The summed E-state index contributed by atoms with van der Waals surface area (Å²) in [4.78, 5) is 0. The van der Waals surface area contributed by atoms with Gasteiger partial charge in [0, 0.05) is 0 Å². The number of halogens is 1. The van der Waals surface area contributed by atoms with Gasteiger partial charge < -0.3 is 5.11 Å². The predicted molar refractivity (Wildman–Crippen MR) is 68.4 cm³/mol. The van der Waals surface area contributed by atoms with Gasteiger partial charge in [-0.1, -0.05) is 31.2 Å². The van der Waals surface area contributed by atoms with Crippen LogP contribution in [0.5, 0.6) is 5.75 Å². The normalized spacial score (nSPS) is 9.18. The molecule has 0 radical (unpaired) electrons. The molecule has 0 unspecified atom stereocenters. The molecule has 0 aliphatic heterocycles. The third-order valence-corrected chi connectivity index (χ3v) is 2.08. The van der Waals surface area contributed by atoms with Crippen molar-refractivity contribution in [3.63, 3.8) is 0 Å². The van der Waals surface area contributed by atoms with Gasteiger partial charge in [0.1, 0.15) is 5.75 Å². The first kappa shape index (κ1) is 15.4. The molecule has 1 aromatic carbocycles. The summed E-state index contributed by atoms with van der Waals surface area (Å²) in [5.41, 5.74) is 2.13. The van der Waals surface area contributed by atoms with Crippen molar-refractivity contribution < 1.29 is 5.11 Å². The van der Waals surface area contributed by atoms with Crippen molar-refractivity contribution in [2.24, 2.45) is 0 Å². The number of nitrogens with zero attached hydrogens (tertiary/aromatic N) is 3. The van der Waals surface area contributed by atoms with Crippen molar-refractivity contribution in [2.75, 3.05) is 0 Å². The van der Waals surface area contributed by atoms with E-state index in [2.05, 4.69) is 34.5 Å². The van der Waals surface area contributed by atoms with E-state index < -0.39 is 0 Å². The number of aromatic nitrogens is 4. The van der Waals surface area contributed by atoms with E-state index in [9.17, 15) is 5.11 Å². The van der Waals surface area contributed by atoms with Gasteiger partial charge in [0.25, 0.3) is 0 Å². The molecular formula is C11H17ClN4O. The number of phenols is 1. The van der Waals surface area contributed by atoms with Gasteiger partial charge in [0.05, 0.1) is 0 Å². The Labute approximate surface area is 107 Å². The average Bonchev–Trinajstić information content (AvgIpc) is 2.74. The zero-order chi connectivity index (χ0) is 12.0. The summed E-state index contributed by atoms with van der Waals surface area (Å²) in [6, 6.07) is 5.81. The highest BCUT2D eigenvalue weighted by Gasteiger charge is 2.03. The lowest BCUT2D eigenvalue weighted by molar-refractivity contribution is 0.464. The van der Waals surface area contributed by atoms with Crippen molar-refractivity contribution in [1.29, 1.82) is 0 Å². The molecule has 0 fully saturated rings. The first-order chi connectivity index (χ1) is 7.61. The quantitative estimate of drug-likeness (QED) is 0.822. The van der Waals surface area contributed by atoms with E-state index in [1.165, 1.54) is 6.33 Å².